The molecular weight excluding hydrogens is 1280 g/mol. The number of sulfonamides is 1. The van der Waals surface area contributed by atoms with Gasteiger partial charge >= 0.3 is 6.03 Å². The molecule has 0 unspecified atom stereocenters. The van der Waals surface area contributed by atoms with Crippen LogP contribution >= 0.6 is 46.4 Å². The lowest BCUT2D eigenvalue weighted by Gasteiger charge is -2.38. The summed E-state index contributed by atoms with van der Waals surface area (Å²) in [7, 11) is -7.58. The number of benzene rings is 4. The van der Waals surface area contributed by atoms with Crippen LogP contribution in [0, 0.1) is 5.41 Å². The van der Waals surface area contributed by atoms with E-state index in [-0.39, 0.29) is 103 Å². The van der Waals surface area contributed by atoms with Gasteiger partial charge in [-0.1, -0.05) is 66.7 Å². The van der Waals surface area contributed by atoms with Crippen LogP contribution in [0.5, 0.6) is 11.5 Å². The Bertz CT molecular complexity index is 3030. The lowest BCUT2D eigenvalue weighted by atomic mass is 9.98. The lowest BCUT2D eigenvalue weighted by molar-refractivity contribution is -0.119. The van der Waals surface area contributed by atoms with Crippen molar-refractivity contribution in [2.75, 3.05) is 97.9 Å². The number of fused-ring (bicyclic) bond motifs is 2. The van der Waals surface area contributed by atoms with E-state index in [1.54, 1.807) is 62.4 Å². The van der Waals surface area contributed by atoms with Gasteiger partial charge in [0.15, 0.2) is 9.84 Å². The topological polar surface area (TPSA) is 252 Å². The number of ketones is 1. The number of urea groups is 1. The monoisotopic (exact) mass is 1370 g/mol. The Morgan fingerprint density at radius 2 is 1.08 bits per heavy atom. The second kappa shape index (κ2) is 33.5. The number of ether oxygens (including phenoxy) is 6. The molecule has 2 aliphatic heterocycles. The largest absolute Gasteiger partial charge is 0.484 e. The van der Waals surface area contributed by atoms with Crippen molar-refractivity contribution in [2.24, 2.45) is 16.9 Å². The highest BCUT2D eigenvalue weighted by Gasteiger charge is 2.43. The molecule has 6 atom stereocenters. The molecule has 7 N–H and O–H groups in total. The standard InChI is InChI=1S/C65H91Cl4N7O12S2/c1-64(2,43-89(79,80)51-19-15-49(16-20-51)87-61-55-33-44(66)35-57(68)53(55)37-59(61)75-25-8-11-46(70)39-75)41-85-31-30-84-28-24-73-63(78)72-23-7-5-6-13-48(77)14-10-27-83-29-32-86-42-65(3,4)74-90(81,82)52-21-17-50(18-22-52)88-62-56-34-45(67)36-58(69)54(56)38-60(62)76-26-9-12-47(71)40-76/h15-22,33-36,46-47,59-62,74H,5-14,23-32,37-43,70-71H2,1-4H3,(H2,72,73,78)/t46-,47-,59+,60+,61+,62+/m1/s1. The van der Waals surface area contributed by atoms with E-state index in [2.05, 4.69) is 25.2 Å². The summed E-state index contributed by atoms with van der Waals surface area (Å²) in [6.45, 7) is 13.3. The lowest BCUT2D eigenvalue weighted by Crippen LogP contribution is -2.49. The van der Waals surface area contributed by atoms with Gasteiger partial charge in [-0.15, -0.1) is 0 Å². The van der Waals surface area contributed by atoms with Crippen molar-refractivity contribution >= 4 is 78.1 Å². The van der Waals surface area contributed by atoms with Gasteiger partial charge in [-0.2, -0.15) is 0 Å². The highest BCUT2D eigenvalue weighted by Crippen LogP contribution is 2.45. The minimum absolute atomic E-state index is 0.00146. The number of hydrogen-bond acceptors (Lipinski definition) is 16. The third kappa shape index (κ3) is 21.3. The quantitative estimate of drug-likeness (QED) is 0.0269. The molecule has 2 aliphatic carbocycles. The predicted molar refractivity (Wildman–Crippen MR) is 353 cm³/mol. The van der Waals surface area contributed by atoms with Crippen LogP contribution in [0.4, 0.5) is 4.79 Å². The van der Waals surface area contributed by atoms with Crippen LogP contribution in [0.1, 0.15) is 126 Å². The van der Waals surface area contributed by atoms with Crippen molar-refractivity contribution in [1.29, 1.82) is 0 Å². The summed E-state index contributed by atoms with van der Waals surface area (Å²) in [6, 6.07) is 20.1. The molecule has 0 aromatic heterocycles. The number of nitrogens with zero attached hydrogens (tertiary/aromatic N) is 2. The maximum Gasteiger partial charge on any atom is 0.314 e. The molecule has 2 fully saturated rings. The number of Topliss-reactive ketones (excluding diaryl/α,β-unsaturated/α-hetero) is 1. The fourth-order valence-corrected chi connectivity index (χ4v) is 16.8. The van der Waals surface area contributed by atoms with Gasteiger partial charge in [0.05, 0.1) is 79.4 Å². The van der Waals surface area contributed by atoms with Gasteiger partial charge in [0.1, 0.15) is 29.5 Å². The van der Waals surface area contributed by atoms with E-state index in [1.165, 1.54) is 12.1 Å². The Hall–Kier alpha value is -3.88. The molecule has 2 saturated heterocycles. The molecule has 498 valence electrons. The molecule has 2 heterocycles. The van der Waals surface area contributed by atoms with E-state index in [1.807, 2.05) is 26.0 Å². The number of sulfone groups is 1. The second-order valence-corrected chi connectivity index (χ2v) is 31.0. The normalized spacial score (nSPS) is 20.8. The first-order chi connectivity index (χ1) is 42.8. The molecule has 4 aromatic rings. The first kappa shape index (κ1) is 72.0. The van der Waals surface area contributed by atoms with Gasteiger partial charge in [-0.25, -0.2) is 26.4 Å². The number of amides is 2. The highest BCUT2D eigenvalue weighted by molar-refractivity contribution is 7.91. The number of hydrogen-bond donors (Lipinski definition) is 5. The van der Waals surface area contributed by atoms with E-state index < -0.39 is 30.8 Å². The van der Waals surface area contributed by atoms with Crippen molar-refractivity contribution in [1.82, 2.24) is 25.2 Å². The van der Waals surface area contributed by atoms with Crippen LogP contribution in [-0.2, 0) is 56.4 Å². The Morgan fingerprint density at radius 1 is 0.589 bits per heavy atom. The number of nitrogens with one attached hydrogen (secondary N) is 3. The molecule has 0 bridgehead atoms. The molecule has 19 nitrogen and oxygen atoms in total. The van der Waals surface area contributed by atoms with Gasteiger partial charge in [-0.05, 0) is 169 Å². The van der Waals surface area contributed by atoms with Crippen LogP contribution in [0.2, 0.25) is 20.1 Å². The van der Waals surface area contributed by atoms with Gasteiger partial charge < -0.3 is 50.5 Å². The minimum Gasteiger partial charge on any atom is -0.484 e. The first-order valence-corrected chi connectivity index (χ1v) is 36.1. The summed E-state index contributed by atoms with van der Waals surface area (Å²) in [5.74, 6) is 1.09. The Morgan fingerprint density at radius 3 is 1.62 bits per heavy atom. The zero-order valence-electron chi connectivity index (χ0n) is 52.3. The maximum atomic E-state index is 13.6. The summed E-state index contributed by atoms with van der Waals surface area (Å²) in [6.07, 6.45) is 8.33. The number of carbonyl (C=O) groups is 2. The van der Waals surface area contributed by atoms with Crippen molar-refractivity contribution in [2.45, 2.75) is 156 Å². The third-order valence-corrected chi connectivity index (χ3v) is 21.6. The van der Waals surface area contributed by atoms with E-state index in [4.69, 9.17) is 86.3 Å². The molecule has 0 radical (unpaired) electrons. The number of nitrogens with two attached hydrogens (primary N) is 2. The summed E-state index contributed by atoms with van der Waals surface area (Å²) >= 11 is 26.2. The van der Waals surface area contributed by atoms with Gasteiger partial charge in [0.2, 0.25) is 10.0 Å². The number of unbranched alkanes of at least 4 members (excludes halogenated alkanes) is 2. The van der Waals surface area contributed by atoms with E-state index >= 15 is 0 Å². The molecular formula is C65H91Cl4N7O12S2. The van der Waals surface area contributed by atoms with Crippen molar-refractivity contribution in [3.8, 4) is 11.5 Å². The molecule has 4 aromatic carbocycles. The van der Waals surface area contributed by atoms with Crippen LogP contribution in [0.15, 0.2) is 82.6 Å². The molecule has 90 heavy (non-hydrogen) atoms. The fraction of sp³-hybridized carbons (Fsp3) is 0.600. The zero-order valence-corrected chi connectivity index (χ0v) is 56.9. The van der Waals surface area contributed by atoms with E-state index in [0.29, 0.717) is 90.0 Å². The maximum absolute atomic E-state index is 13.6. The van der Waals surface area contributed by atoms with Gasteiger partial charge in [0, 0.05) is 94.3 Å². The Balaban J connectivity index is 0.608. The molecule has 2 amide bonds. The number of halogens is 4. The number of likely N-dealkylation sites (tertiary alicyclic amines) is 2. The summed E-state index contributed by atoms with van der Waals surface area (Å²) in [5, 5.41) is 7.86. The SMILES string of the molecule is CC(C)(COCCOCCNC(=O)NCCCCCC(=O)CCCOCCOCC(C)(C)NS(=O)(=O)c1ccc(O[C@H]2c3cc(Cl)cc(Cl)c3C[C@@H]2N2CCC[C@@H](N)C2)cc1)CS(=O)(=O)c1ccc(O[C@H]2c3cc(Cl)cc(Cl)c3C[C@@H]2N2CCC[C@@H](N)C2)cc1. The number of piperidine rings is 2. The van der Waals surface area contributed by atoms with Gasteiger partial charge in [-0.3, -0.25) is 14.6 Å². The van der Waals surface area contributed by atoms with Crippen LogP contribution in [0.3, 0.4) is 0 Å². The molecule has 8 rings (SSSR count). The molecule has 0 saturated carbocycles. The predicted octanol–water partition coefficient (Wildman–Crippen LogP) is 10.1. The van der Waals surface area contributed by atoms with E-state index in [0.717, 1.165) is 93.4 Å². The van der Waals surface area contributed by atoms with Crippen molar-refractivity contribution in [3.63, 3.8) is 0 Å². The number of rotatable bonds is 35. The van der Waals surface area contributed by atoms with Crippen LogP contribution in [0.25, 0.3) is 0 Å². The Kier molecular flexibility index (Phi) is 26.8. The summed E-state index contributed by atoms with van der Waals surface area (Å²) in [5.41, 5.74) is 15.0. The molecule has 4 aliphatic rings. The molecule has 0 spiro atoms. The van der Waals surface area contributed by atoms with Crippen LogP contribution < -0.4 is 36.3 Å². The van der Waals surface area contributed by atoms with Gasteiger partial charge in [0.25, 0.3) is 0 Å². The minimum atomic E-state index is -3.91. The first-order valence-electron chi connectivity index (χ1n) is 31.4. The van der Waals surface area contributed by atoms with Crippen LogP contribution in [-0.4, -0.2) is 166 Å². The zero-order chi connectivity index (χ0) is 64.6. The average Bonchev–Trinajstić information content (AvgIpc) is 1.67. The molecule has 25 heteroatoms. The van der Waals surface area contributed by atoms with E-state index in [9.17, 15) is 26.4 Å². The Labute approximate surface area is 552 Å². The second-order valence-electron chi connectivity index (χ2n) is 25.6. The van der Waals surface area contributed by atoms with Crippen molar-refractivity contribution in [3.05, 3.63) is 115 Å². The van der Waals surface area contributed by atoms with Crippen molar-refractivity contribution < 1.29 is 54.8 Å². The smallest absolute Gasteiger partial charge is 0.314 e. The fourth-order valence-electron chi connectivity index (χ4n) is 12.4. The summed E-state index contributed by atoms with van der Waals surface area (Å²) < 4.78 is 93.0. The third-order valence-electron chi connectivity index (χ3n) is 16.7. The number of carbonyl (C=O) groups excluding carboxylic acids is 2. The summed E-state index contributed by atoms with van der Waals surface area (Å²) in [4.78, 5) is 29.8. The highest BCUT2D eigenvalue weighted by atomic mass is 35.5. The average molecular weight is 1370 g/mol.